The molecule has 4 nitrogen and oxygen atoms in total. The average Bonchev–Trinajstić information content (AvgIpc) is 2.73. The van der Waals surface area contributed by atoms with Crippen molar-refractivity contribution in [3.05, 3.63) is 29.6 Å². The number of halogens is 1. The van der Waals surface area contributed by atoms with E-state index in [1.165, 1.54) is 6.07 Å². The number of hydrogen-bond acceptors (Lipinski definition) is 3. The van der Waals surface area contributed by atoms with Crippen LogP contribution in [0.2, 0.25) is 0 Å². The molecule has 1 saturated heterocycles. The molecule has 1 heterocycles. The lowest BCUT2D eigenvalue weighted by Crippen LogP contribution is -2.37. The monoisotopic (exact) mass is 252 g/mol. The lowest BCUT2D eigenvalue weighted by molar-refractivity contribution is -0.125. The van der Waals surface area contributed by atoms with Crippen molar-refractivity contribution in [3.63, 3.8) is 0 Å². The van der Waals surface area contributed by atoms with Gasteiger partial charge < -0.3 is 15.7 Å². The van der Waals surface area contributed by atoms with Gasteiger partial charge in [-0.3, -0.25) is 4.79 Å². The first-order chi connectivity index (χ1) is 8.48. The maximum Gasteiger partial charge on any atom is 0.225 e. The minimum Gasteiger partial charge on any atom is -0.391 e. The number of anilines is 1. The van der Waals surface area contributed by atoms with E-state index >= 15 is 0 Å². The normalized spacial score (nSPS) is 23.4. The summed E-state index contributed by atoms with van der Waals surface area (Å²) in [6.45, 7) is 2.55. The summed E-state index contributed by atoms with van der Waals surface area (Å²) in [5.74, 6) is -0.769. The van der Waals surface area contributed by atoms with E-state index in [4.69, 9.17) is 5.73 Å². The maximum atomic E-state index is 13.6. The van der Waals surface area contributed by atoms with Gasteiger partial charge in [0.05, 0.1) is 12.0 Å². The number of hydrogen-bond donors (Lipinski definition) is 2. The second-order valence-corrected chi connectivity index (χ2v) is 4.99. The Labute approximate surface area is 105 Å². The number of nitrogens with zero attached hydrogens (tertiary/aromatic N) is 1. The van der Waals surface area contributed by atoms with Crippen LogP contribution in [-0.2, 0) is 11.4 Å². The van der Waals surface area contributed by atoms with E-state index < -0.39 is 11.2 Å². The molecule has 1 aliphatic rings. The van der Waals surface area contributed by atoms with Gasteiger partial charge in [0.15, 0.2) is 0 Å². The smallest absolute Gasteiger partial charge is 0.225 e. The van der Waals surface area contributed by atoms with Gasteiger partial charge in [-0.05, 0) is 25.5 Å². The number of nitrogens with two attached hydrogens (primary N) is 1. The Morgan fingerprint density at radius 3 is 2.89 bits per heavy atom. The third-order valence-corrected chi connectivity index (χ3v) is 3.66. The highest BCUT2D eigenvalue weighted by Gasteiger charge is 2.39. The predicted molar refractivity (Wildman–Crippen MR) is 66.5 cm³/mol. The van der Waals surface area contributed by atoms with Gasteiger partial charge >= 0.3 is 0 Å². The zero-order chi connectivity index (χ0) is 13.3. The van der Waals surface area contributed by atoms with E-state index in [2.05, 4.69) is 0 Å². The van der Waals surface area contributed by atoms with Gasteiger partial charge in [-0.25, -0.2) is 4.39 Å². The Morgan fingerprint density at radius 2 is 2.33 bits per heavy atom. The fourth-order valence-electron chi connectivity index (χ4n) is 2.37. The third kappa shape index (κ3) is 2.06. The van der Waals surface area contributed by atoms with Crippen LogP contribution in [0.15, 0.2) is 18.2 Å². The van der Waals surface area contributed by atoms with Crippen molar-refractivity contribution in [1.29, 1.82) is 0 Å². The van der Waals surface area contributed by atoms with Gasteiger partial charge in [0, 0.05) is 24.3 Å². The van der Waals surface area contributed by atoms with Gasteiger partial charge in [-0.2, -0.15) is 0 Å². The Bertz CT molecular complexity index is 478. The zero-order valence-corrected chi connectivity index (χ0v) is 10.3. The largest absolute Gasteiger partial charge is 0.391 e. The summed E-state index contributed by atoms with van der Waals surface area (Å²) in [6, 6.07) is 4.67. The molecule has 5 heteroatoms. The van der Waals surface area contributed by atoms with Crippen molar-refractivity contribution in [2.24, 2.45) is 11.1 Å². The van der Waals surface area contributed by atoms with E-state index in [1.54, 1.807) is 12.1 Å². The molecule has 2 rings (SSSR count). The quantitative estimate of drug-likeness (QED) is 0.844. The van der Waals surface area contributed by atoms with Crippen molar-refractivity contribution >= 4 is 11.6 Å². The Morgan fingerprint density at radius 1 is 1.61 bits per heavy atom. The molecule has 0 saturated carbocycles. The molecule has 1 aromatic rings. The second-order valence-electron chi connectivity index (χ2n) is 4.99. The van der Waals surface area contributed by atoms with Crippen molar-refractivity contribution in [2.75, 3.05) is 18.0 Å². The molecular formula is C13H17FN2O2. The standard InChI is InChI=1S/C13H17FN2O2/c1-13(12(15)18)5-6-16(8-13)11-4-2-3-10(14)9(11)7-17/h2-4,17H,5-8H2,1H3,(H2,15,18). The molecule has 18 heavy (non-hydrogen) atoms. The minimum atomic E-state index is -0.584. The molecule has 1 amide bonds. The molecule has 1 aromatic carbocycles. The van der Waals surface area contributed by atoms with E-state index in [9.17, 15) is 14.3 Å². The predicted octanol–water partition coefficient (Wildman–Crippen LogP) is 1.02. The first-order valence-corrected chi connectivity index (χ1v) is 5.91. The SMILES string of the molecule is CC1(C(N)=O)CCN(c2cccc(F)c2CO)C1. The molecule has 0 radical (unpaired) electrons. The highest BCUT2D eigenvalue weighted by molar-refractivity contribution is 5.82. The van der Waals surface area contributed by atoms with E-state index in [0.717, 1.165) is 0 Å². The molecule has 0 bridgehead atoms. The summed E-state index contributed by atoms with van der Waals surface area (Å²) in [7, 11) is 0. The summed E-state index contributed by atoms with van der Waals surface area (Å²) in [6.07, 6.45) is 0.643. The molecule has 1 fully saturated rings. The van der Waals surface area contributed by atoms with Gasteiger partial charge in [-0.1, -0.05) is 6.07 Å². The lowest BCUT2D eigenvalue weighted by atomic mass is 9.89. The molecule has 1 aliphatic heterocycles. The topological polar surface area (TPSA) is 66.6 Å². The molecule has 1 atom stereocenters. The van der Waals surface area contributed by atoms with Gasteiger partial charge in [0.1, 0.15) is 5.82 Å². The molecule has 0 spiro atoms. The highest BCUT2D eigenvalue weighted by atomic mass is 19.1. The Balaban J connectivity index is 2.30. The first-order valence-electron chi connectivity index (χ1n) is 5.91. The number of carbonyl (C=O) groups excluding carboxylic acids is 1. The van der Waals surface area contributed by atoms with Crippen LogP contribution in [0.1, 0.15) is 18.9 Å². The van der Waals surface area contributed by atoms with Crippen molar-refractivity contribution < 1.29 is 14.3 Å². The average molecular weight is 252 g/mol. The van der Waals surface area contributed by atoms with Crippen LogP contribution < -0.4 is 10.6 Å². The van der Waals surface area contributed by atoms with Crippen LogP contribution in [-0.4, -0.2) is 24.1 Å². The van der Waals surface area contributed by atoms with Gasteiger partial charge in [-0.15, -0.1) is 0 Å². The fourth-order valence-corrected chi connectivity index (χ4v) is 2.37. The van der Waals surface area contributed by atoms with Crippen LogP contribution in [0, 0.1) is 11.2 Å². The Hall–Kier alpha value is -1.62. The number of rotatable bonds is 3. The summed E-state index contributed by atoms with van der Waals surface area (Å²) in [5.41, 5.74) is 5.71. The van der Waals surface area contributed by atoms with Gasteiger partial charge in [0.25, 0.3) is 0 Å². The number of amides is 1. The number of benzene rings is 1. The molecule has 0 aromatic heterocycles. The maximum absolute atomic E-state index is 13.6. The van der Waals surface area contributed by atoms with Crippen LogP contribution in [0.3, 0.4) is 0 Å². The molecule has 3 N–H and O–H groups in total. The zero-order valence-electron chi connectivity index (χ0n) is 10.3. The van der Waals surface area contributed by atoms with E-state index in [1.807, 2.05) is 11.8 Å². The first kappa shape index (κ1) is 12.8. The van der Waals surface area contributed by atoms with Crippen molar-refractivity contribution in [1.82, 2.24) is 0 Å². The highest BCUT2D eigenvalue weighted by Crippen LogP contribution is 2.35. The summed E-state index contributed by atoms with van der Waals surface area (Å²) < 4.78 is 13.6. The second kappa shape index (κ2) is 4.57. The fraction of sp³-hybridized carbons (Fsp3) is 0.462. The summed E-state index contributed by atoms with van der Waals surface area (Å²) in [4.78, 5) is 13.3. The molecular weight excluding hydrogens is 235 g/mol. The lowest BCUT2D eigenvalue weighted by Gasteiger charge is -2.24. The molecule has 98 valence electrons. The van der Waals surface area contributed by atoms with Crippen LogP contribution in [0.4, 0.5) is 10.1 Å². The van der Waals surface area contributed by atoms with Crippen LogP contribution in [0.25, 0.3) is 0 Å². The number of primary amides is 1. The van der Waals surface area contributed by atoms with Crippen molar-refractivity contribution in [3.8, 4) is 0 Å². The van der Waals surface area contributed by atoms with Gasteiger partial charge in [0.2, 0.25) is 5.91 Å². The summed E-state index contributed by atoms with van der Waals surface area (Å²) in [5, 5.41) is 9.24. The van der Waals surface area contributed by atoms with Crippen molar-refractivity contribution in [2.45, 2.75) is 20.0 Å². The van der Waals surface area contributed by atoms with Crippen LogP contribution >= 0.6 is 0 Å². The molecule has 0 aliphatic carbocycles. The van der Waals surface area contributed by atoms with E-state index in [0.29, 0.717) is 25.2 Å². The molecule has 1 unspecified atom stereocenters. The number of aliphatic hydroxyl groups excluding tert-OH is 1. The number of carbonyl (C=O) groups is 1. The van der Waals surface area contributed by atoms with Crippen LogP contribution in [0.5, 0.6) is 0 Å². The van der Waals surface area contributed by atoms with E-state index in [-0.39, 0.29) is 18.1 Å². The Kier molecular flexibility index (Phi) is 3.26. The summed E-state index contributed by atoms with van der Waals surface area (Å²) >= 11 is 0. The third-order valence-electron chi connectivity index (χ3n) is 3.66. The number of aliphatic hydroxyl groups is 1. The minimum absolute atomic E-state index is 0.270.